The van der Waals surface area contributed by atoms with Crippen LogP contribution in [0.5, 0.6) is 5.75 Å². The standard InChI is InChI=1S/C15H20O2/c1-4-16-12(3)15-9-13(15)10-17-14-7-5-11(2)6-8-14/h5-8,13,15H,3-4,9-10H2,1-2H3/t13-,15-/m1/s1. The number of aryl methyl sites for hydroxylation is 1. The van der Waals surface area contributed by atoms with Crippen molar-refractivity contribution < 1.29 is 9.47 Å². The summed E-state index contributed by atoms with van der Waals surface area (Å²) in [6.45, 7) is 9.49. The normalized spacial score (nSPS) is 22.0. The lowest BCUT2D eigenvalue weighted by Crippen LogP contribution is -2.03. The number of hydrogen-bond donors (Lipinski definition) is 0. The molecule has 1 aromatic carbocycles. The molecule has 0 bridgehead atoms. The van der Waals surface area contributed by atoms with Gasteiger partial charge in [0, 0.05) is 11.8 Å². The third-order valence-corrected chi connectivity index (χ3v) is 3.15. The van der Waals surface area contributed by atoms with Crippen LogP contribution in [0.3, 0.4) is 0 Å². The number of hydrogen-bond acceptors (Lipinski definition) is 2. The number of allylic oxidation sites excluding steroid dienone is 1. The zero-order valence-corrected chi connectivity index (χ0v) is 10.6. The molecule has 2 atom stereocenters. The van der Waals surface area contributed by atoms with Crippen molar-refractivity contribution in [2.75, 3.05) is 13.2 Å². The van der Waals surface area contributed by atoms with Crippen LogP contribution in [0.2, 0.25) is 0 Å². The quantitative estimate of drug-likeness (QED) is 0.698. The molecule has 0 N–H and O–H groups in total. The van der Waals surface area contributed by atoms with Crippen LogP contribution in [0.4, 0.5) is 0 Å². The summed E-state index contributed by atoms with van der Waals surface area (Å²) in [5, 5.41) is 0. The van der Waals surface area contributed by atoms with Crippen LogP contribution in [-0.4, -0.2) is 13.2 Å². The third kappa shape index (κ3) is 3.26. The van der Waals surface area contributed by atoms with Crippen molar-refractivity contribution in [2.24, 2.45) is 11.8 Å². The van der Waals surface area contributed by atoms with Crippen molar-refractivity contribution in [3.63, 3.8) is 0 Å². The summed E-state index contributed by atoms with van der Waals surface area (Å²) in [6, 6.07) is 8.17. The Hall–Kier alpha value is -1.44. The van der Waals surface area contributed by atoms with Crippen LogP contribution in [0.25, 0.3) is 0 Å². The molecule has 1 aliphatic rings. The summed E-state index contributed by atoms with van der Waals surface area (Å²) < 4.78 is 11.2. The van der Waals surface area contributed by atoms with Gasteiger partial charge in [-0.05, 0) is 32.4 Å². The van der Waals surface area contributed by atoms with Crippen LogP contribution in [0.1, 0.15) is 18.9 Å². The van der Waals surface area contributed by atoms with Gasteiger partial charge in [0.1, 0.15) is 5.75 Å². The van der Waals surface area contributed by atoms with Gasteiger partial charge in [-0.15, -0.1) is 0 Å². The predicted molar refractivity (Wildman–Crippen MR) is 69.0 cm³/mol. The zero-order valence-electron chi connectivity index (χ0n) is 10.6. The SMILES string of the molecule is C=C(OCC)[C@H]1C[C@@H]1COc1ccc(C)cc1. The van der Waals surface area contributed by atoms with Gasteiger partial charge in [-0.25, -0.2) is 0 Å². The van der Waals surface area contributed by atoms with Gasteiger partial charge in [0.05, 0.1) is 19.0 Å². The number of ether oxygens (including phenoxy) is 2. The van der Waals surface area contributed by atoms with Crippen molar-refractivity contribution in [3.8, 4) is 5.75 Å². The minimum Gasteiger partial charge on any atom is -0.499 e. The van der Waals surface area contributed by atoms with Crippen LogP contribution >= 0.6 is 0 Å². The van der Waals surface area contributed by atoms with E-state index in [4.69, 9.17) is 9.47 Å². The summed E-state index contributed by atoms with van der Waals surface area (Å²) in [5.74, 6) is 2.95. The summed E-state index contributed by atoms with van der Waals surface area (Å²) in [6.07, 6.45) is 1.14. The molecule has 1 saturated carbocycles. The van der Waals surface area contributed by atoms with Crippen molar-refractivity contribution in [1.29, 1.82) is 0 Å². The van der Waals surface area contributed by atoms with Gasteiger partial charge in [-0.3, -0.25) is 0 Å². The lowest BCUT2D eigenvalue weighted by atomic mass is 10.2. The molecule has 1 aliphatic carbocycles. The molecule has 0 aromatic heterocycles. The second-order valence-corrected chi connectivity index (χ2v) is 4.63. The van der Waals surface area contributed by atoms with E-state index in [1.807, 2.05) is 19.1 Å². The van der Waals surface area contributed by atoms with Gasteiger partial charge in [0.2, 0.25) is 0 Å². The molecule has 0 heterocycles. The summed E-state index contributed by atoms with van der Waals surface area (Å²) >= 11 is 0. The molecule has 0 radical (unpaired) electrons. The fourth-order valence-electron chi connectivity index (χ4n) is 1.96. The Labute approximate surface area is 103 Å². The molecule has 17 heavy (non-hydrogen) atoms. The molecular weight excluding hydrogens is 212 g/mol. The summed E-state index contributed by atoms with van der Waals surface area (Å²) in [7, 11) is 0. The highest BCUT2D eigenvalue weighted by molar-refractivity contribution is 5.26. The highest BCUT2D eigenvalue weighted by Crippen LogP contribution is 2.44. The number of rotatable bonds is 6. The molecule has 0 saturated heterocycles. The topological polar surface area (TPSA) is 18.5 Å². The molecule has 0 aliphatic heterocycles. The van der Waals surface area contributed by atoms with E-state index in [0.717, 1.165) is 24.5 Å². The maximum absolute atomic E-state index is 5.75. The van der Waals surface area contributed by atoms with Gasteiger partial charge in [0.25, 0.3) is 0 Å². The first-order valence-electron chi connectivity index (χ1n) is 6.21. The van der Waals surface area contributed by atoms with Crippen molar-refractivity contribution in [2.45, 2.75) is 20.3 Å². The Morgan fingerprint density at radius 1 is 1.35 bits per heavy atom. The van der Waals surface area contributed by atoms with Gasteiger partial charge >= 0.3 is 0 Å². The fraction of sp³-hybridized carbons (Fsp3) is 0.467. The molecule has 0 unspecified atom stereocenters. The van der Waals surface area contributed by atoms with Crippen LogP contribution in [0, 0.1) is 18.8 Å². The first-order valence-corrected chi connectivity index (χ1v) is 6.21. The van der Waals surface area contributed by atoms with E-state index in [1.54, 1.807) is 0 Å². The van der Waals surface area contributed by atoms with Gasteiger partial charge in [0.15, 0.2) is 0 Å². The lowest BCUT2D eigenvalue weighted by Gasteiger charge is -2.08. The molecular formula is C15H20O2. The molecule has 2 nitrogen and oxygen atoms in total. The Morgan fingerprint density at radius 2 is 2.06 bits per heavy atom. The summed E-state index contributed by atoms with van der Waals surface area (Å²) in [4.78, 5) is 0. The van der Waals surface area contributed by atoms with E-state index in [0.29, 0.717) is 18.4 Å². The molecule has 2 heteroatoms. The zero-order chi connectivity index (χ0) is 12.3. The van der Waals surface area contributed by atoms with Gasteiger partial charge in [-0.1, -0.05) is 24.3 Å². The minimum absolute atomic E-state index is 0.500. The van der Waals surface area contributed by atoms with Crippen molar-refractivity contribution >= 4 is 0 Å². The fourth-order valence-corrected chi connectivity index (χ4v) is 1.96. The molecule has 0 amide bonds. The first kappa shape index (κ1) is 12.0. The predicted octanol–water partition coefficient (Wildman–Crippen LogP) is 3.56. The van der Waals surface area contributed by atoms with E-state index < -0.39 is 0 Å². The lowest BCUT2D eigenvalue weighted by molar-refractivity contribution is 0.205. The maximum Gasteiger partial charge on any atom is 0.119 e. The van der Waals surface area contributed by atoms with E-state index >= 15 is 0 Å². The highest BCUT2D eigenvalue weighted by atomic mass is 16.5. The average molecular weight is 232 g/mol. The number of benzene rings is 1. The summed E-state index contributed by atoms with van der Waals surface area (Å²) in [5.41, 5.74) is 1.26. The molecule has 0 spiro atoms. The van der Waals surface area contributed by atoms with Gasteiger partial charge in [-0.2, -0.15) is 0 Å². The van der Waals surface area contributed by atoms with E-state index in [-0.39, 0.29) is 0 Å². The molecule has 92 valence electrons. The van der Waals surface area contributed by atoms with Gasteiger partial charge < -0.3 is 9.47 Å². The highest BCUT2D eigenvalue weighted by Gasteiger charge is 2.40. The van der Waals surface area contributed by atoms with E-state index in [9.17, 15) is 0 Å². The first-order chi connectivity index (χ1) is 8.20. The molecule has 2 rings (SSSR count). The monoisotopic (exact) mass is 232 g/mol. The Kier molecular flexibility index (Phi) is 3.72. The van der Waals surface area contributed by atoms with Crippen LogP contribution in [-0.2, 0) is 4.74 Å². The smallest absolute Gasteiger partial charge is 0.119 e. The Morgan fingerprint density at radius 3 is 2.71 bits per heavy atom. The molecule has 1 fully saturated rings. The minimum atomic E-state index is 0.500. The van der Waals surface area contributed by atoms with Crippen molar-refractivity contribution in [3.05, 3.63) is 42.2 Å². The second kappa shape index (κ2) is 5.26. The largest absolute Gasteiger partial charge is 0.499 e. The Balaban J connectivity index is 1.74. The second-order valence-electron chi connectivity index (χ2n) is 4.63. The average Bonchev–Trinajstić information content (AvgIpc) is 3.08. The Bertz CT molecular complexity index is 380. The van der Waals surface area contributed by atoms with Crippen molar-refractivity contribution in [1.82, 2.24) is 0 Å². The molecule has 1 aromatic rings. The van der Waals surface area contributed by atoms with Crippen LogP contribution < -0.4 is 4.74 Å². The van der Waals surface area contributed by atoms with E-state index in [2.05, 4.69) is 25.6 Å². The third-order valence-electron chi connectivity index (χ3n) is 3.15. The van der Waals surface area contributed by atoms with E-state index in [1.165, 1.54) is 5.56 Å². The maximum atomic E-state index is 5.75. The van der Waals surface area contributed by atoms with Crippen LogP contribution in [0.15, 0.2) is 36.6 Å².